The van der Waals surface area contributed by atoms with Crippen LogP contribution >= 0.6 is 23.1 Å². The smallest absolute Gasteiger partial charge is 0.234 e. The number of thiophene rings is 1. The van der Waals surface area contributed by atoms with Gasteiger partial charge in [-0.25, -0.2) is 13.4 Å². The van der Waals surface area contributed by atoms with Gasteiger partial charge >= 0.3 is 0 Å². The van der Waals surface area contributed by atoms with Gasteiger partial charge in [-0.1, -0.05) is 18.2 Å². The van der Waals surface area contributed by atoms with Crippen LogP contribution in [0.5, 0.6) is 0 Å². The van der Waals surface area contributed by atoms with E-state index in [4.69, 9.17) is 4.98 Å². The minimum Gasteiger partial charge on any atom is -0.303 e. The highest BCUT2D eigenvalue weighted by Crippen LogP contribution is 2.33. The summed E-state index contributed by atoms with van der Waals surface area (Å²) < 4.78 is 29.1. The largest absolute Gasteiger partial charge is 0.303 e. The summed E-state index contributed by atoms with van der Waals surface area (Å²) in [7, 11) is -3.58. The zero-order valence-electron chi connectivity index (χ0n) is 17.3. The lowest BCUT2D eigenvalue weighted by atomic mass is 10.0. The Morgan fingerprint density at radius 3 is 2.87 bits per heavy atom. The lowest BCUT2D eigenvalue weighted by molar-refractivity contribution is -0.117. The molecule has 0 atom stereocenters. The van der Waals surface area contributed by atoms with Crippen molar-refractivity contribution < 1.29 is 13.2 Å². The molecule has 1 N–H and O–H groups in total. The number of carbonyl (C=O) groups is 1. The Kier molecular flexibility index (Phi) is 6.36. The molecule has 1 amide bonds. The molecule has 9 heteroatoms. The molecule has 0 saturated heterocycles. The van der Waals surface area contributed by atoms with Gasteiger partial charge in [0.25, 0.3) is 0 Å². The van der Waals surface area contributed by atoms with E-state index >= 15 is 0 Å². The Labute approximate surface area is 189 Å². The fraction of sp³-hybridized carbons (Fsp3) is 0.273. The molecule has 0 radical (unpaired) electrons. The Hall–Kier alpha value is -2.36. The number of nitrogens with one attached hydrogen (secondary N) is 1. The summed E-state index contributed by atoms with van der Waals surface area (Å²) >= 11 is 3.31. The van der Waals surface area contributed by atoms with Gasteiger partial charge in [0.1, 0.15) is 10.7 Å². The summed E-state index contributed by atoms with van der Waals surface area (Å²) in [4.78, 5) is 15.8. The van der Waals surface area contributed by atoms with Crippen LogP contribution in [0, 0.1) is 6.92 Å². The number of thioether (sulfide) groups is 1. The molecule has 0 unspecified atom stereocenters. The average Bonchev–Trinajstić information content (AvgIpc) is 3.27. The van der Waals surface area contributed by atoms with E-state index in [0.717, 1.165) is 22.8 Å². The minimum absolute atomic E-state index is 0.0867. The topological polar surface area (TPSA) is 80.5 Å². The number of imidazole rings is 1. The third kappa shape index (κ3) is 4.94. The molecule has 0 saturated carbocycles. The molecule has 0 aliphatic rings. The number of aromatic nitrogens is 2. The van der Waals surface area contributed by atoms with E-state index in [9.17, 15) is 13.2 Å². The highest BCUT2D eigenvalue weighted by atomic mass is 32.2. The zero-order chi connectivity index (χ0) is 22.0. The second-order valence-electron chi connectivity index (χ2n) is 7.36. The zero-order valence-corrected chi connectivity index (χ0v) is 19.7. The molecule has 0 spiro atoms. The van der Waals surface area contributed by atoms with Crippen molar-refractivity contribution in [2.75, 3.05) is 11.5 Å². The number of benzene rings is 1. The molecule has 0 fully saturated rings. The van der Waals surface area contributed by atoms with Crippen LogP contribution in [0.4, 0.5) is 0 Å². The Balaban J connectivity index is 1.57. The Bertz CT molecular complexity index is 1360. The van der Waals surface area contributed by atoms with Crippen LogP contribution in [0.3, 0.4) is 0 Å². The van der Waals surface area contributed by atoms with Gasteiger partial charge in [0.2, 0.25) is 15.9 Å². The standard InChI is InChI=1S/C22H23N3O3S3/c1-15-7-5-8-19-21(15)17(14-30-19)13-18-22(23-20-9-3-4-10-25(18)20)29-11-6-12-31(27,28)24-16(2)26/h3-5,7-10,14H,6,11-13H2,1-2H3,(H,24,26). The second-order valence-corrected chi connectivity index (χ2v) is 11.2. The summed E-state index contributed by atoms with van der Waals surface area (Å²) in [6, 6.07) is 12.3. The predicted molar refractivity (Wildman–Crippen MR) is 128 cm³/mol. The van der Waals surface area contributed by atoms with E-state index in [2.05, 4.69) is 34.9 Å². The third-order valence-corrected chi connectivity index (χ3v) is 8.44. The SMILES string of the molecule is CC(=O)NS(=O)(=O)CCCSc1nc2ccccn2c1Cc1csc2cccc(C)c12. The van der Waals surface area contributed by atoms with Crippen LogP contribution < -0.4 is 4.72 Å². The first-order valence-electron chi connectivity index (χ1n) is 9.89. The maximum Gasteiger partial charge on any atom is 0.234 e. The molecule has 31 heavy (non-hydrogen) atoms. The monoisotopic (exact) mass is 473 g/mol. The van der Waals surface area contributed by atoms with Gasteiger partial charge in [-0.3, -0.25) is 9.52 Å². The fourth-order valence-corrected chi connectivity index (χ4v) is 6.91. The Morgan fingerprint density at radius 2 is 2.06 bits per heavy atom. The van der Waals surface area contributed by atoms with Gasteiger partial charge in [0.15, 0.2) is 0 Å². The van der Waals surface area contributed by atoms with Gasteiger partial charge in [-0.15, -0.1) is 23.1 Å². The molecule has 0 aliphatic heterocycles. The first-order chi connectivity index (χ1) is 14.8. The van der Waals surface area contributed by atoms with Gasteiger partial charge < -0.3 is 4.40 Å². The van der Waals surface area contributed by atoms with E-state index in [1.165, 1.54) is 28.1 Å². The van der Waals surface area contributed by atoms with Gasteiger partial charge in [-0.05, 0) is 53.4 Å². The van der Waals surface area contributed by atoms with E-state index in [-0.39, 0.29) is 5.75 Å². The first-order valence-corrected chi connectivity index (χ1v) is 13.4. The normalized spacial score (nSPS) is 11.9. The maximum atomic E-state index is 11.9. The molecule has 4 rings (SSSR count). The van der Waals surface area contributed by atoms with Crippen molar-refractivity contribution in [2.45, 2.75) is 31.7 Å². The molecular formula is C22H23N3O3S3. The predicted octanol–water partition coefficient (Wildman–Crippen LogP) is 4.40. The summed E-state index contributed by atoms with van der Waals surface area (Å²) in [5.41, 5.74) is 4.52. The molecular weight excluding hydrogens is 450 g/mol. The number of aryl methyl sites for hydroxylation is 1. The number of nitrogens with zero attached hydrogens (tertiary/aromatic N) is 2. The van der Waals surface area contributed by atoms with E-state index in [0.29, 0.717) is 12.2 Å². The molecule has 0 bridgehead atoms. The van der Waals surface area contributed by atoms with Crippen molar-refractivity contribution in [1.82, 2.24) is 14.1 Å². The lowest BCUT2D eigenvalue weighted by Gasteiger charge is -2.07. The second kappa shape index (κ2) is 9.02. The maximum absolute atomic E-state index is 11.9. The molecule has 3 heterocycles. The highest BCUT2D eigenvalue weighted by Gasteiger charge is 2.17. The van der Waals surface area contributed by atoms with Gasteiger partial charge in [0.05, 0.1) is 11.4 Å². The lowest BCUT2D eigenvalue weighted by Crippen LogP contribution is -2.30. The number of fused-ring (bicyclic) bond motifs is 2. The van der Waals surface area contributed by atoms with E-state index in [1.54, 1.807) is 23.1 Å². The first kappa shape index (κ1) is 21.9. The number of carbonyl (C=O) groups excluding carboxylic acids is 1. The summed E-state index contributed by atoms with van der Waals surface area (Å²) in [5.74, 6) is -0.0518. The van der Waals surface area contributed by atoms with E-state index in [1.807, 2.05) is 29.1 Å². The van der Waals surface area contributed by atoms with Crippen LogP contribution in [0.15, 0.2) is 53.0 Å². The number of rotatable bonds is 8. The number of sulfonamides is 1. The molecule has 6 nitrogen and oxygen atoms in total. The van der Waals surface area contributed by atoms with E-state index < -0.39 is 15.9 Å². The van der Waals surface area contributed by atoms with Crippen molar-refractivity contribution in [3.8, 4) is 0 Å². The van der Waals surface area contributed by atoms with Crippen LogP contribution in [0.25, 0.3) is 15.7 Å². The van der Waals surface area contributed by atoms with Crippen molar-refractivity contribution in [3.63, 3.8) is 0 Å². The summed E-state index contributed by atoms with van der Waals surface area (Å²) in [6.07, 6.45) is 3.20. The number of pyridine rings is 1. The minimum atomic E-state index is -3.58. The van der Waals surface area contributed by atoms with Crippen molar-refractivity contribution in [1.29, 1.82) is 0 Å². The third-order valence-electron chi connectivity index (χ3n) is 4.93. The number of hydrogen-bond acceptors (Lipinski definition) is 6. The fourth-order valence-electron chi connectivity index (χ4n) is 3.64. The van der Waals surface area contributed by atoms with Crippen LogP contribution in [0.1, 0.15) is 30.2 Å². The van der Waals surface area contributed by atoms with Crippen molar-refractivity contribution in [2.24, 2.45) is 0 Å². The summed E-state index contributed by atoms with van der Waals surface area (Å²) in [5, 5.41) is 4.43. The van der Waals surface area contributed by atoms with Gasteiger partial charge in [0, 0.05) is 30.0 Å². The van der Waals surface area contributed by atoms with Gasteiger partial charge in [-0.2, -0.15) is 0 Å². The van der Waals surface area contributed by atoms with Crippen molar-refractivity contribution >= 4 is 54.8 Å². The summed E-state index contributed by atoms with van der Waals surface area (Å²) in [6.45, 7) is 3.34. The van der Waals surface area contributed by atoms with Crippen molar-refractivity contribution in [3.05, 3.63) is 64.8 Å². The molecule has 1 aromatic carbocycles. The van der Waals surface area contributed by atoms with Crippen LogP contribution in [-0.4, -0.2) is 35.2 Å². The molecule has 4 aromatic rings. The highest BCUT2D eigenvalue weighted by molar-refractivity contribution is 7.99. The number of amides is 1. The molecule has 162 valence electrons. The molecule has 0 aliphatic carbocycles. The average molecular weight is 474 g/mol. The van der Waals surface area contributed by atoms with Crippen LogP contribution in [-0.2, 0) is 21.2 Å². The quantitative estimate of drug-likeness (QED) is 0.303. The Morgan fingerprint density at radius 1 is 1.23 bits per heavy atom. The van der Waals surface area contributed by atoms with Crippen LogP contribution in [0.2, 0.25) is 0 Å². The number of hydrogen-bond donors (Lipinski definition) is 1. The molecule has 3 aromatic heterocycles.